The molecule has 0 amide bonds. The molecule has 0 saturated carbocycles. The Morgan fingerprint density at radius 1 is 1.00 bits per heavy atom. The molecule has 138 valence electrons. The summed E-state index contributed by atoms with van der Waals surface area (Å²) in [6.45, 7) is 2.73. The molecular formula is C18H12O9. The van der Waals surface area contributed by atoms with Crippen LogP contribution in [0.2, 0.25) is 0 Å². The fraction of sp³-hybridized carbons (Fsp3) is 0.111. The maximum atomic E-state index is 12.6. The fourth-order valence-corrected chi connectivity index (χ4v) is 2.89. The van der Waals surface area contributed by atoms with Crippen LogP contribution in [0.4, 0.5) is 0 Å². The third-order valence-corrected chi connectivity index (χ3v) is 4.20. The van der Waals surface area contributed by atoms with E-state index in [-0.39, 0.29) is 46.3 Å². The first kappa shape index (κ1) is 17.9. The number of aromatic hydroxyl groups is 2. The van der Waals surface area contributed by atoms with Crippen molar-refractivity contribution in [2.24, 2.45) is 0 Å². The van der Waals surface area contributed by atoms with Gasteiger partial charge in [0.25, 0.3) is 0 Å². The summed E-state index contributed by atoms with van der Waals surface area (Å²) in [4.78, 5) is 47.0. The molecule has 2 aromatic carbocycles. The lowest BCUT2D eigenvalue weighted by Gasteiger charge is -2.16. The van der Waals surface area contributed by atoms with Crippen molar-refractivity contribution in [1.29, 1.82) is 0 Å². The van der Waals surface area contributed by atoms with Gasteiger partial charge in [-0.2, -0.15) is 0 Å². The summed E-state index contributed by atoms with van der Waals surface area (Å²) in [5.41, 5.74) is -1.81. The average Bonchev–Trinajstić information content (AvgIpc) is 2.74. The van der Waals surface area contributed by atoms with Gasteiger partial charge in [0.1, 0.15) is 22.6 Å². The van der Waals surface area contributed by atoms with Gasteiger partial charge in [0.15, 0.2) is 29.8 Å². The number of benzene rings is 2. The molecule has 0 aliphatic carbocycles. The summed E-state index contributed by atoms with van der Waals surface area (Å²) in [5.74, 6) is -5.01. The van der Waals surface area contributed by atoms with Crippen LogP contribution in [-0.4, -0.2) is 39.8 Å². The normalized spacial score (nSPS) is 12.1. The number of hydrogen-bond acceptors (Lipinski definition) is 8. The van der Waals surface area contributed by atoms with Crippen LogP contribution in [0, 0.1) is 13.8 Å². The second-order valence-corrected chi connectivity index (χ2v) is 5.78. The van der Waals surface area contributed by atoms with Crippen LogP contribution in [0.25, 0.3) is 0 Å². The molecular weight excluding hydrogens is 360 g/mol. The minimum Gasteiger partial charge on any atom is -0.507 e. The number of ether oxygens (including phenoxy) is 2. The number of aldehydes is 2. The number of aryl methyl sites for hydroxylation is 1. The highest BCUT2D eigenvalue weighted by molar-refractivity contribution is 6.06. The second-order valence-electron chi connectivity index (χ2n) is 5.78. The first-order chi connectivity index (χ1) is 12.7. The van der Waals surface area contributed by atoms with Crippen LogP contribution >= 0.6 is 0 Å². The SMILES string of the molecule is Cc1cc(O)c(C=O)c2c1C(=O)Oc1c(C)c(O)c(C(=O)O)c(C=O)c1O2. The lowest BCUT2D eigenvalue weighted by atomic mass is 10.0. The Morgan fingerprint density at radius 3 is 2.19 bits per heavy atom. The minimum atomic E-state index is -1.61. The van der Waals surface area contributed by atoms with Crippen molar-refractivity contribution in [3.05, 3.63) is 39.4 Å². The van der Waals surface area contributed by atoms with E-state index in [9.17, 15) is 34.5 Å². The monoisotopic (exact) mass is 372 g/mol. The lowest BCUT2D eigenvalue weighted by molar-refractivity contribution is 0.0689. The van der Waals surface area contributed by atoms with E-state index >= 15 is 0 Å². The van der Waals surface area contributed by atoms with Crippen LogP contribution in [0.1, 0.15) is 52.6 Å². The topological polar surface area (TPSA) is 147 Å². The average molecular weight is 372 g/mol. The highest BCUT2D eigenvalue weighted by atomic mass is 16.6. The number of rotatable bonds is 3. The molecule has 1 aliphatic rings. The number of fused-ring (bicyclic) bond motifs is 2. The first-order valence-corrected chi connectivity index (χ1v) is 7.52. The second kappa shape index (κ2) is 6.13. The van der Waals surface area contributed by atoms with E-state index in [0.29, 0.717) is 0 Å². The highest BCUT2D eigenvalue weighted by Gasteiger charge is 2.35. The summed E-state index contributed by atoms with van der Waals surface area (Å²) >= 11 is 0. The molecule has 0 bridgehead atoms. The molecule has 2 aromatic rings. The van der Waals surface area contributed by atoms with Gasteiger partial charge < -0.3 is 24.8 Å². The lowest BCUT2D eigenvalue weighted by Crippen LogP contribution is -2.11. The zero-order valence-electron chi connectivity index (χ0n) is 14.0. The molecule has 1 heterocycles. The van der Waals surface area contributed by atoms with Crippen molar-refractivity contribution >= 4 is 24.5 Å². The van der Waals surface area contributed by atoms with Crippen LogP contribution < -0.4 is 9.47 Å². The summed E-state index contributed by atoms with van der Waals surface area (Å²) in [5, 5.41) is 29.5. The molecule has 0 atom stereocenters. The van der Waals surface area contributed by atoms with E-state index in [4.69, 9.17) is 9.47 Å². The zero-order valence-corrected chi connectivity index (χ0v) is 14.0. The maximum Gasteiger partial charge on any atom is 0.347 e. The first-order valence-electron chi connectivity index (χ1n) is 7.52. The van der Waals surface area contributed by atoms with Crippen molar-refractivity contribution in [2.75, 3.05) is 0 Å². The number of carboxylic acids is 1. The van der Waals surface area contributed by atoms with Gasteiger partial charge in [0.2, 0.25) is 0 Å². The maximum absolute atomic E-state index is 12.6. The Labute approximate surface area is 151 Å². The van der Waals surface area contributed by atoms with E-state index in [1.54, 1.807) is 0 Å². The van der Waals surface area contributed by atoms with Crippen LogP contribution in [0.3, 0.4) is 0 Å². The van der Waals surface area contributed by atoms with E-state index < -0.39 is 40.3 Å². The molecule has 0 unspecified atom stereocenters. The molecule has 9 heteroatoms. The van der Waals surface area contributed by atoms with Crippen molar-refractivity contribution < 1.29 is 44.0 Å². The number of esters is 1. The van der Waals surface area contributed by atoms with Gasteiger partial charge in [-0.3, -0.25) is 9.59 Å². The summed E-state index contributed by atoms with van der Waals surface area (Å²) < 4.78 is 10.8. The standard InChI is InChI=1S/C18H12O9/c1-6-3-10(21)8(4-19)15-11(6)18(25)27-14-7(2)13(22)12(17(23)24)9(5-20)16(14)26-15/h3-5,21-22H,1-2H3,(H,23,24). The third kappa shape index (κ3) is 2.48. The Morgan fingerprint density at radius 2 is 1.63 bits per heavy atom. The third-order valence-electron chi connectivity index (χ3n) is 4.20. The Hall–Kier alpha value is -3.88. The molecule has 1 aliphatic heterocycles. The van der Waals surface area contributed by atoms with Gasteiger partial charge in [0.05, 0.1) is 11.1 Å². The molecule has 9 nitrogen and oxygen atoms in total. The van der Waals surface area contributed by atoms with Gasteiger partial charge in [0, 0.05) is 5.56 Å². The predicted molar refractivity (Wildman–Crippen MR) is 88.5 cm³/mol. The fourth-order valence-electron chi connectivity index (χ4n) is 2.89. The number of carbonyl (C=O) groups is 4. The van der Waals surface area contributed by atoms with Crippen LogP contribution in [0.5, 0.6) is 28.7 Å². The molecule has 3 N–H and O–H groups in total. The molecule has 0 spiro atoms. The zero-order chi connectivity index (χ0) is 20.0. The van der Waals surface area contributed by atoms with Crippen molar-refractivity contribution in [3.8, 4) is 28.7 Å². The van der Waals surface area contributed by atoms with E-state index in [1.165, 1.54) is 13.8 Å². The largest absolute Gasteiger partial charge is 0.507 e. The molecule has 27 heavy (non-hydrogen) atoms. The summed E-state index contributed by atoms with van der Waals surface area (Å²) in [6, 6.07) is 1.16. The minimum absolute atomic E-state index is 0.122. The number of aromatic carboxylic acids is 1. The quantitative estimate of drug-likeness (QED) is 0.419. The highest BCUT2D eigenvalue weighted by Crippen LogP contribution is 2.49. The van der Waals surface area contributed by atoms with Crippen molar-refractivity contribution in [1.82, 2.24) is 0 Å². The van der Waals surface area contributed by atoms with Gasteiger partial charge in [-0.15, -0.1) is 0 Å². The smallest absolute Gasteiger partial charge is 0.347 e. The molecule has 3 rings (SSSR count). The summed E-state index contributed by atoms with van der Waals surface area (Å²) in [7, 11) is 0. The van der Waals surface area contributed by atoms with Gasteiger partial charge >= 0.3 is 11.9 Å². The number of hydrogen-bond donors (Lipinski definition) is 3. The molecule has 0 saturated heterocycles. The predicted octanol–water partition coefficient (Wildman–Crippen LogP) is 2.36. The summed E-state index contributed by atoms with van der Waals surface area (Å²) in [6.07, 6.45) is 0.369. The van der Waals surface area contributed by atoms with Gasteiger partial charge in [-0.25, -0.2) is 9.59 Å². The van der Waals surface area contributed by atoms with Crippen molar-refractivity contribution in [3.63, 3.8) is 0 Å². The number of carbonyl (C=O) groups excluding carboxylic acids is 3. The van der Waals surface area contributed by atoms with E-state index in [2.05, 4.69) is 0 Å². The van der Waals surface area contributed by atoms with Gasteiger partial charge in [-0.1, -0.05) is 0 Å². The molecule has 0 fully saturated rings. The Bertz CT molecular complexity index is 1050. The number of phenols is 2. The molecule has 0 radical (unpaired) electrons. The number of carboxylic acid groups (broad SMARTS) is 1. The van der Waals surface area contributed by atoms with E-state index in [0.717, 1.165) is 6.07 Å². The molecule has 0 aromatic heterocycles. The van der Waals surface area contributed by atoms with Crippen LogP contribution in [-0.2, 0) is 0 Å². The van der Waals surface area contributed by atoms with E-state index in [1.807, 2.05) is 0 Å². The van der Waals surface area contributed by atoms with Gasteiger partial charge in [-0.05, 0) is 25.5 Å². The van der Waals surface area contributed by atoms with Crippen LogP contribution in [0.15, 0.2) is 6.07 Å². The van der Waals surface area contributed by atoms with Crippen molar-refractivity contribution in [2.45, 2.75) is 13.8 Å². The Balaban J connectivity index is 2.46. The Kier molecular flexibility index (Phi) is 4.07. The number of phenolic OH excluding ortho intramolecular Hbond substituents is 1.